The standard InChI is InChI=1S/C5H4N2O4.Ca.2H2O/c8-3-1-2(4(9)10)6-5(11)7-3;;;/h1H,(H,9,10)(H2,6,7,8,11);;2*1H2/q;+2;;. The predicted molar refractivity (Wildman–Crippen MR) is 47.6 cm³/mol. The fourth-order valence-electron chi connectivity index (χ4n) is 0.584. The Bertz CT molecular complexity index is 367. The van der Waals surface area contributed by atoms with E-state index in [2.05, 4.69) is 0 Å². The molecule has 14 heavy (non-hydrogen) atoms. The summed E-state index contributed by atoms with van der Waals surface area (Å²) in [6.07, 6.45) is 0. The van der Waals surface area contributed by atoms with E-state index in [4.69, 9.17) is 5.11 Å². The second kappa shape index (κ2) is 7.71. The Morgan fingerprint density at radius 1 is 1.21 bits per heavy atom. The maximum atomic E-state index is 10.5. The number of aromatic amines is 2. The largest absolute Gasteiger partial charge is 2.00 e. The molecule has 1 heterocycles. The summed E-state index contributed by atoms with van der Waals surface area (Å²) in [5, 5.41) is 8.31. The van der Waals surface area contributed by atoms with Crippen LogP contribution >= 0.6 is 0 Å². The zero-order valence-electron chi connectivity index (χ0n) is 6.96. The van der Waals surface area contributed by atoms with Gasteiger partial charge in [-0.15, -0.1) is 0 Å². The van der Waals surface area contributed by atoms with Crippen molar-refractivity contribution in [2.75, 3.05) is 0 Å². The van der Waals surface area contributed by atoms with Crippen molar-refractivity contribution in [1.82, 2.24) is 9.97 Å². The van der Waals surface area contributed by atoms with Gasteiger partial charge in [0.25, 0.3) is 5.56 Å². The van der Waals surface area contributed by atoms with E-state index >= 15 is 0 Å². The van der Waals surface area contributed by atoms with Gasteiger partial charge in [-0.1, -0.05) is 0 Å². The monoisotopic (exact) mass is 232 g/mol. The molecule has 0 saturated carbocycles. The second-order valence-electron chi connectivity index (χ2n) is 1.81. The summed E-state index contributed by atoms with van der Waals surface area (Å²) >= 11 is 0. The first kappa shape index (κ1) is 19.0. The quantitative estimate of drug-likeness (QED) is 0.432. The molecule has 0 spiro atoms. The number of aromatic carboxylic acids is 1. The number of nitrogens with one attached hydrogen (secondary N) is 2. The van der Waals surface area contributed by atoms with Crippen LogP contribution in [0.4, 0.5) is 0 Å². The molecule has 0 radical (unpaired) electrons. The SMILES string of the molecule is O.O.O=C(O)c1cc(=O)[nH]c(=O)[nH]1.[Ca+2]. The molecular formula is C5H8CaN2O6+2. The number of H-pyrrole nitrogens is 2. The van der Waals surface area contributed by atoms with Gasteiger partial charge in [-0.3, -0.25) is 9.78 Å². The summed E-state index contributed by atoms with van der Waals surface area (Å²) in [4.78, 5) is 34.9. The van der Waals surface area contributed by atoms with Gasteiger partial charge in [-0.25, -0.2) is 9.59 Å². The van der Waals surface area contributed by atoms with Gasteiger partial charge in [0, 0.05) is 6.07 Å². The number of rotatable bonds is 1. The average molecular weight is 232 g/mol. The van der Waals surface area contributed by atoms with E-state index in [1.54, 1.807) is 0 Å². The second-order valence-corrected chi connectivity index (χ2v) is 1.81. The van der Waals surface area contributed by atoms with Crippen molar-refractivity contribution < 1.29 is 20.9 Å². The number of hydrogen-bond acceptors (Lipinski definition) is 3. The molecule has 9 heteroatoms. The van der Waals surface area contributed by atoms with E-state index in [9.17, 15) is 14.4 Å². The number of carboxylic acids is 1. The molecule has 0 aromatic carbocycles. The Morgan fingerprint density at radius 2 is 1.71 bits per heavy atom. The van der Waals surface area contributed by atoms with Crippen molar-refractivity contribution >= 4 is 43.7 Å². The number of aromatic nitrogens is 2. The third-order valence-corrected chi connectivity index (χ3v) is 0.991. The van der Waals surface area contributed by atoms with Crippen molar-refractivity contribution in [3.8, 4) is 0 Å². The molecule has 8 nitrogen and oxygen atoms in total. The fourth-order valence-corrected chi connectivity index (χ4v) is 0.584. The molecule has 0 unspecified atom stereocenters. The summed E-state index contributed by atoms with van der Waals surface area (Å²) in [5.74, 6) is -1.34. The molecule has 1 aromatic rings. The number of carbonyl (C=O) groups is 1. The zero-order chi connectivity index (χ0) is 8.43. The Balaban J connectivity index is -0.000000403. The van der Waals surface area contributed by atoms with Crippen LogP contribution in [0, 0.1) is 0 Å². The Morgan fingerprint density at radius 3 is 2.07 bits per heavy atom. The Labute approximate surface area is 107 Å². The summed E-state index contributed by atoms with van der Waals surface area (Å²) in [6.45, 7) is 0. The third-order valence-electron chi connectivity index (χ3n) is 0.991. The molecule has 0 aliphatic carbocycles. The topological polar surface area (TPSA) is 166 Å². The maximum absolute atomic E-state index is 10.5. The van der Waals surface area contributed by atoms with Crippen molar-refractivity contribution in [3.05, 3.63) is 32.6 Å². The fraction of sp³-hybridized carbons (Fsp3) is 0. The average Bonchev–Trinajstić information content (AvgIpc) is 1.85. The van der Waals surface area contributed by atoms with Crippen molar-refractivity contribution in [2.45, 2.75) is 0 Å². The van der Waals surface area contributed by atoms with Gasteiger partial charge >= 0.3 is 49.4 Å². The van der Waals surface area contributed by atoms with Crippen LogP contribution in [0.1, 0.15) is 10.5 Å². The van der Waals surface area contributed by atoms with Gasteiger partial charge in [-0.2, -0.15) is 0 Å². The minimum Gasteiger partial charge on any atom is -0.477 e. The van der Waals surface area contributed by atoms with Crippen LogP contribution in [0.15, 0.2) is 15.7 Å². The Kier molecular flexibility index (Phi) is 10.5. The van der Waals surface area contributed by atoms with Gasteiger partial charge in [-0.05, 0) is 0 Å². The molecule has 7 N–H and O–H groups in total. The minimum atomic E-state index is -1.34. The van der Waals surface area contributed by atoms with Crippen LogP contribution in [0.5, 0.6) is 0 Å². The Hall–Kier alpha value is -0.670. The van der Waals surface area contributed by atoms with Gasteiger partial charge < -0.3 is 21.0 Å². The summed E-state index contributed by atoms with van der Waals surface area (Å²) in [5.41, 5.74) is -1.97. The van der Waals surface area contributed by atoms with Crippen molar-refractivity contribution in [3.63, 3.8) is 0 Å². The number of carboxylic acid groups (broad SMARTS) is 1. The van der Waals surface area contributed by atoms with E-state index in [-0.39, 0.29) is 48.7 Å². The van der Waals surface area contributed by atoms with Crippen molar-refractivity contribution in [1.29, 1.82) is 0 Å². The first-order chi connectivity index (χ1) is 5.09. The van der Waals surface area contributed by atoms with Crippen LogP contribution in [-0.2, 0) is 0 Å². The molecule has 0 fully saturated rings. The third kappa shape index (κ3) is 5.14. The van der Waals surface area contributed by atoms with Crippen LogP contribution in [0.25, 0.3) is 0 Å². The first-order valence-corrected chi connectivity index (χ1v) is 2.66. The minimum absolute atomic E-state index is 0. The van der Waals surface area contributed by atoms with E-state index in [0.29, 0.717) is 0 Å². The molecule has 0 aliphatic heterocycles. The van der Waals surface area contributed by atoms with Crippen molar-refractivity contribution in [2.24, 2.45) is 0 Å². The molecule has 1 aromatic heterocycles. The predicted octanol–water partition coefficient (Wildman–Crippen LogP) is -3.27. The molecule has 1 rings (SSSR count). The molecule has 0 amide bonds. The number of hydrogen-bond donors (Lipinski definition) is 3. The summed E-state index contributed by atoms with van der Waals surface area (Å²) in [7, 11) is 0. The summed E-state index contributed by atoms with van der Waals surface area (Å²) in [6, 6.07) is 0.795. The first-order valence-electron chi connectivity index (χ1n) is 2.66. The van der Waals surface area contributed by atoms with Gasteiger partial charge in [0.05, 0.1) is 0 Å². The molecule has 0 aliphatic rings. The van der Waals surface area contributed by atoms with Crippen LogP contribution < -0.4 is 11.2 Å². The molecule has 0 saturated heterocycles. The van der Waals surface area contributed by atoms with Crippen LogP contribution in [0.2, 0.25) is 0 Å². The van der Waals surface area contributed by atoms with Crippen LogP contribution in [-0.4, -0.2) is 69.7 Å². The van der Waals surface area contributed by atoms with Gasteiger partial charge in [0.1, 0.15) is 5.69 Å². The van der Waals surface area contributed by atoms with Gasteiger partial charge in [0.15, 0.2) is 0 Å². The van der Waals surface area contributed by atoms with Gasteiger partial charge in [0.2, 0.25) is 0 Å². The van der Waals surface area contributed by atoms with E-state index in [1.165, 1.54) is 0 Å². The molecular weight excluding hydrogens is 224 g/mol. The molecule has 0 atom stereocenters. The zero-order valence-corrected chi connectivity index (χ0v) is 9.16. The maximum Gasteiger partial charge on any atom is 2.00 e. The van der Waals surface area contributed by atoms with E-state index in [0.717, 1.165) is 6.07 Å². The normalized spacial score (nSPS) is 7.43. The molecule has 0 bridgehead atoms. The van der Waals surface area contributed by atoms with Crippen LogP contribution in [0.3, 0.4) is 0 Å². The smallest absolute Gasteiger partial charge is 0.477 e. The van der Waals surface area contributed by atoms with E-state index in [1.807, 2.05) is 9.97 Å². The molecule has 74 valence electrons. The summed E-state index contributed by atoms with van der Waals surface area (Å²) < 4.78 is 0. The van der Waals surface area contributed by atoms with E-state index < -0.39 is 22.9 Å².